The van der Waals surface area contributed by atoms with Crippen LogP contribution >= 0.6 is 11.6 Å². The van der Waals surface area contributed by atoms with E-state index in [1.54, 1.807) is 19.9 Å². The molecule has 2 nitrogen and oxygen atoms in total. The molecule has 0 bridgehead atoms. The van der Waals surface area contributed by atoms with Crippen molar-refractivity contribution in [3.8, 4) is 0 Å². The molecule has 0 unspecified atom stereocenters. The van der Waals surface area contributed by atoms with E-state index < -0.39 is 11.6 Å². The van der Waals surface area contributed by atoms with Gasteiger partial charge in [0.2, 0.25) is 0 Å². The van der Waals surface area contributed by atoms with E-state index in [0.29, 0.717) is 5.56 Å². The van der Waals surface area contributed by atoms with Crippen LogP contribution in [0.25, 0.3) is 0 Å². The normalized spacial score (nSPS) is 10.4. The zero-order chi connectivity index (χ0) is 13.3. The molecule has 0 aliphatic rings. The first-order valence-electron chi connectivity index (χ1n) is 5.41. The third-order valence-corrected chi connectivity index (χ3v) is 2.98. The molecule has 0 saturated carbocycles. The lowest BCUT2D eigenvalue weighted by Gasteiger charge is -2.08. The van der Waals surface area contributed by atoms with Crippen molar-refractivity contribution < 1.29 is 9.18 Å². The van der Waals surface area contributed by atoms with Gasteiger partial charge in [-0.05, 0) is 37.1 Å². The average Bonchev–Trinajstić information content (AvgIpc) is 2.27. The van der Waals surface area contributed by atoms with Gasteiger partial charge in [-0.3, -0.25) is 9.78 Å². The van der Waals surface area contributed by atoms with Crippen LogP contribution in [0.4, 0.5) is 4.39 Å². The van der Waals surface area contributed by atoms with Crippen LogP contribution in [-0.2, 0) is 0 Å². The van der Waals surface area contributed by atoms with Gasteiger partial charge in [0.15, 0.2) is 5.78 Å². The third kappa shape index (κ3) is 2.27. The number of benzene rings is 1. The monoisotopic (exact) mass is 263 g/mol. The van der Waals surface area contributed by atoms with Gasteiger partial charge >= 0.3 is 0 Å². The van der Waals surface area contributed by atoms with E-state index in [1.165, 1.54) is 24.5 Å². The van der Waals surface area contributed by atoms with E-state index in [-0.39, 0.29) is 16.1 Å². The molecule has 0 radical (unpaired) electrons. The smallest absolute Gasteiger partial charge is 0.197 e. The highest BCUT2D eigenvalue weighted by atomic mass is 35.5. The standard InChI is InChI=1S/C14H11ClFNO/c1-8-5-9(2)13(12(16)6-8)14(18)10-3-4-17-7-11(10)15/h3-7H,1-2H3. The molecule has 0 saturated heterocycles. The lowest BCUT2D eigenvalue weighted by atomic mass is 9.97. The molecule has 2 rings (SSSR count). The lowest BCUT2D eigenvalue weighted by molar-refractivity contribution is 0.103. The molecule has 0 aliphatic carbocycles. The van der Waals surface area contributed by atoms with Gasteiger partial charge in [0.1, 0.15) is 5.82 Å². The molecule has 18 heavy (non-hydrogen) atoms. The predicted octanol–water partition coefficient (Wildman–Crippen LogP) is 3.72. The van der Waals surface area contributed by atoms with Crippen LogP contribution in [0.2, 0.25) is 5.02 Å². The quantitative estimate of drug-likeness (QED) is 0.773. The van der Waals surface area contributed by atoms with Crippen molar-refractivity contribution in [3.05, 3.63) is 63.7 Å². The first-order valence-corrected chi connectivity index (χ1v) is 5.79. The molecule has 0 atom stereocenters. The van der Waals surface area contributed by atoms with Crippen LogP contribution in [-0.4, -0.2) is 10.8 Å². The summed E-state index contributed by atoms with van der Waals surface area (Å²) in [5.74, 6) is -0.942. The van der Waals surface area contributed by atoms with Crippen LogP contribution in [0.3, 0.4) is 0 Å². The van der Waals surface area contributed by atoms with Crippen LogP contribution in [0.5, 0.6) is 0 Å². The van der Waals surface area contributed by atoms with Crippen molar-refractivity contribution in [2.24, 2.45) is 0 Å². The van der Waals surface area contributed by atoms with Gasteiger partial charge in [0, 0.05) is 18.0 Å². The van der Waals surface area contributed by atoms with Crippen molar-refractivity contribution in [1.82, 2.24) is 4.98 Å². The van der Waals surface area contributed by atoms with Gasteiger partial charge < -0.3 is 0 Å². The van der Waals surface area contributed by atoms with Crippen LogP contribution in [0, 0.1) is 19.7 Å². The molecule has 1 heterocycles. The number of carbonyl (C=O) groups is 1. The summed E-state index contributed by atoms with van der Waals surface area (Å²) < 4.78 is 13.9. The zero-order valence-electron chi connectivity index (χ0n) is 10.00. The Balaban J connectivity index is 2.57. The molecule has 92 valence electrons. The van der Waals surface area contributed by atoms with E-state index in [4.69, 9.17) is 11.6 Å². The number of rotatable bonds is 2. The molecular weight excluding hydrogens is 253 g/mol. The van der Waals surface area contributed by atoms with Gasteiger partial charge in [-0.2, -0.15) is 0 Å². The summed E-state index contributed by atoms with van der Waals surface area (Å²) in [4.78, 5) is 16.1. The molecule has 2 aromatic rings. The van der Waals surface area contributed by atoms with Crippen molar-refractivity contribution >= 4 is 17.4 Å². The van der Waals surface area contributed by atoms with E-state index in [2.05, 4.69) is 4.98 Å². The summed E-state index contributed by atoms with van der Waals surface area (Å²) in [6, 6.07) is 4.60. The highest BCUT2D eigenvalue weighted by molar-refractivity contribution is 6.34. The minimum Gasteiger partial charge on any atom is -0.288 e. The molecular formula is C14H11ClFNO. The fourth-order valence-electron chi connectivity index (χ4n) is 1.90. The van der Waals surface area contributed by atoms with Crippen molar-refractivity contribution in [3.63, 3.8) is 0 Å². The second-order valence-corrected chi connectivity index (χ2v) is 4.53. The van der Waals surface area contributed by atoms with E-state index in [0.717, 1.165) is 5.56 Å². The maximum absolute atomic E-state index is 13.9. The van der Waals surface area contributed by atoms with Gasteiger partial charge in [0.25, 0.3) is 0 Å². The lowest BCUT2D eigenvalue weighted by Crippen LogP contribution is -2.08. The summed E-state index contributed by atoms with van der Waals surface area (Å²) >= 11 is 5.90. The first kappa shape index (κ1) is 12.7. The zero-order valence-corrected chi connectivity index (χ0v) is 10.8. The number of aromatic nitrogens is 1. The number of ketones is 1. The minimum atomic E-state index is -0.523. The number of halogens is 2. The molecule has 0 amide bonds. The maximum atomic E-state index is 13.9. The maximum Gasteiger partial charge on any atom is 0.197 e. The Morgan fingerprint density at radius 2 is 2.06 bits per heavy atom. The first-order chi connectivity index (χ1) is 8.50. The molecule has 0 aliphatic heterocycles. The Bertz CT molecular complexity index is 602. The molecule has 0 spiro atoms. The Kier molecular flexibility index (Phi) is 3.43. The number of hydrogen-bond donors (Lipinski definition) is 0. The van der Waals surface area contributed by atoms with E-state index in [9.17, 15) is 9.18 Å². The van der Waals surface area contributed by atoms with Crippen molar-refractivity contribution in [1.29, 1.82) is 0 Å². The van der Waals surface area contributed by atoms with E-state index in [1.807, 2.05) is 0 Å². The average molecular weight is 264 g/mol. The Morgan fingerprint density at radius 3 is 2.67 bits per heavy atom. The fraction of sp³-hybridized carbons (Fsp3) is 0.143. The number of nitrogens with zero attached hydrogens (tertiary/aromatic N) is 1. The third-order valence-electron chi connectivity index (χ3n) is 2.68. The van der Waals surface area contributed by atoms with Crippen molar-refractivity contribution in [2.75, 3.05) is 0 Å². The van der Waals surface area contributed by atoms with Gasteiger partial charge in [0.05, 0.1) is 10.6 Å². The molecule has 1 aromatic carbocycles. The molecule has 0 fully saturated rings. The highest BCUT2D eigenvalue weighted by Crippen LogP contribution is 2.23. The van der Waals surface area contributed by atoms with Crippen molar-refractivity contribution in [2.45, 2.75) is 13.8 Å². The van der Waals surface area contributed by atoms with E-state index >= 15 is 0 Å². The Hall–Kier alpha value is -1.74. The van der Waals surface area contributed by atoms with Crippen LogP contribution < -0.4 is 0 Å². The summed E-state index contributed by atoms with van der Waals surface area (Å²) in [7, 11) is 0. The van der Waals surface area contributed by atoms with Gasteiger partial charge in [-0.15, -0.1) is 0 Å². The number of hydrogen-bond acceptors (Lipinski definition) is 2. The molecule has 1 aromatic heterocycles. The summed E-state index contributed by atoms with van der Waals surface area (Å²) in [5.41, 5.74) is 1.71. The molecule has 4 heteroatoms. The summed E-state index contributed by atoms with van der Waals surface area (Å²) in [6.07, 6.45) is 2.83. The van der Waals surface area contributed by atoms with Crippen LogP contribution in [0.1, 0.15) is 27.0 Å². The largest absolute Gasteiger partial charge is 0.288 e. The SMILES string of the molecule is Cc1cc(C)c(C(=O)c2ccncc2Cl)c(F)c1. The minimum absolute atomic E-state index is 0.0636. The number of aryl methyl sites for hydroxylation is 2. The Labute approximate surface area is 109 Å². The number of carbonyl (C=O) groups excluding carboxylic acids is 1. The fourth-order valence-corrected chi connectivity index (χ4v) is 2.10. The predicted molar refractivity (Wildman–Crippen MR) is 68.6 cm³/mol. The van der Waals surface area contributed by atoms with Crippen LogP contribution in [0.15, 0.2) is 30.6 Å². The number of pyridine rings is 1. The second-order valence-electron chi connectivity index (χ2n) is 4.12. The topological polar surface area (TPSA) is 30.0 Å². The summed E-state index contributed by atoms with van der Waals surface area (Å²) in [6.45, 7) is 3.49. The van der Waals surface area contributed by atoms with Gasteiger partial charge in [-0.25, -0.2) is 4.39 Å². The molecule has 0 N–H and O–H groups in total. The highest BCUT2D eigenvalue weighted by Gasteiger charge is 2.19. The summed E-state index contributed by atoms with van der Waals surface area (Å²) in [5, 5.41) is 0.224. The Morgan fingerprint density at radius 1 is 1.33 bits per heavy atom. The van der Waals surface area contributed by atoms with Gasteiger partial charge in [-0.1, -0.05) is 17.7 Å². The second kappa shape index (κ2) is 4.86.